The molecule has 32 heavy (non-hydrogen) atoms. The molecule has 0 fully saturated rings. The van der Waals surface area contributed by atoms with Gasteiger partial charge in [-0.2, -0.15) is 0 Å². The summed E-state index contributed by atoms with van der Waals surface area (Å²) in [5.41, 5.74) is 3.25. The molecule has 1 amide bonds. The first-order chi connectivity index (χ1) is 15.3. The van der Waals surface area contributed by atoms with Gasteiger partial charge in [-0.25, -0.2) is 9.37 Å². The molecule has 1 heterocycles. The molecule has 1 unspecified atom stereocenters. The molecular formula is C23H21Cl2FN2OS3. The van der Waals surface area contributed by atoms with E-state index in [-0.39, 0.29) is 11.7 Å². The quantitative estimate of drug-likeness (QED) is 0.302. The van der Waals surface area contributed by atoms with E-state index in [4.69, 9.17) is 23.2 Å². The topological polar surface area (TPSA) is 42.0 Å². The summed E-state index contributed by atoms with van der Waals surface area (Å²) >= 11 is 16.8. The van der Waals surface area contributed by atoms with Crippen LogP contribution < -0.4 is 5.32 Å². The minimum Gasteiger partial charge on any atom is -0.322 e. The van der Waals surface area contributed by atoms with E-state index in [1.54, 1.807) is 42.1 Å². The molecular weight excluding hydrogens is 506 g/mol. The van der Waals surface area contributed by atoms with Crippen LogP contribution in [0.2, 0.25) is 10.0 Å². The van der Waals surface area contributed by atoms with Crippen molar-refractivity contribution < 1.29 is 9.18 Å². The van der Waals surface area contributed by atoms with Crippen LogP contribution in [0.1, 0.15) is 22.1 Å². The Morgan fingerprint density at radius 3 is 2.41 bits per heavy atom. The number of rotatable bonds is 8. The number of nitrogens with one attached hydrogen (secondary N) is 1. The fraction of sp³-hybridized carbons (Fsp3) is 0.217. The summed E-state index contributed by atoms with van der Waals surface area (Å²) in [5.74, 6) is 0.0422. The van der Waals surface area contributed by atoms with Gasteiger partial charge in [0.25, 0.3) is 0 Å². The van der Waals surface area contributed by atoms with Gasteiger partial charge in [0.2, 0.25) is 5.91 Å². The van der Waals surface area contributed by atoms with E-state index in [1.165, 1.54) is 35.7 Å². The molecule has 0 radical (unpaired) electrons. The van der Waals surface area contributed by atoms with Crippen LogP contribution in [-0.2, 0) is 10.5 Å². The van der Waals surface area contributed by atoms with E-state index in [9.17, 15) is 9.18 Å². The SMILES string of the molecule is CSc1cc(C)nc(SC)c1NC(=O)C(SCc1ccc(F)cc1)c1ccc(Cl)c(Cl)c1. The number of pyridine rings is 1. The summed E-state index contributed by atoms with van der Waals surface area (Å²) in [6.07, 6.45) is 3.90. The van der Waals surface area contributed by atoms with E-state index in [2.05, 4.69) is 10.3 Å². The number of benzene rings is 2. The average Bonchev–Trinajstić information content (AvgIpc) is 2.78. The first-order valence-corrected chi connectivity index (χ1v) is 13.8. The molecule has 3 nitrogen and oxygen atoms in total. The lowest BCUT2D eigenvalue weighted by Gasteiger charge is -2.20. The van der Waals surface area contributed by atoms with Gasteiger partial charge in [-0.3, -0.25) is 4.79 Å². The third-order valence-corrected chi connectivity index (χ3v) is 8.06. The molecule has 3 aromatic rings. The number of hydrogen-bond acceptors (Lipinski definition) is 5. The van der Waals surface area contributed by atoms with Crippen molar-refractivity contribution in [2.24, 2.45) is 0 Å². The van der Waals surface area contributed by atoms with Crippen LogP contribution in [0.25, 0.3) is 0 Å². The Labute approximate surface area is 210 Å². The molecule has 0 bridgehead atoms. The lowest BCUT2D eigenvalue weighted by molar-refractivity contribution is -0.115. The molecule has 1 atom stereocenters. The number of anilines is 1. The maximum atomic E-state index is 13.5. The Morgan fingerprint density at radius 1 is 1.06 bits per heavy atom. The molecule has 0 aliphatic heterocycles. The van der Waals surface area contributed by atoms with Crippen LogP contribution in [0.4, 0.5) is 10.1 Å². The first-order valence-electron chi connectivity index (χ1n) is 9.54. The summed E-state index contributed by atoms with van der Waals surface area (Å²) in [6, 6.07) is 13.4. The molecule has 168 valence electrons. The highest BCUT2D eigenvalue weighted by atomic mass is 35.5. The van der Waals surface area contributed by atoms with Gasteiger partial charge in [0.15, 0.2) is 0 Å². The fourth-order valence-corrected chi connectivity index (χ4v) is 5.70. The molecule has 0 aliphatic rings. The van der Waals surface area contributed by atoms with Crippen molar-refractivity contribution in [1.29, 1.82) is 0 Å². The van der Waals surface area contributed by atoms with Crippen molar-refractivity contribution in [3.8, 4) is 0 Å². The predicted molar refractivity (Wildman–Crippen MR) is 138 cm³/mol. The lowest BCUT2D eigenvalue weighted by Crippen LogP contribution is -2.20. The van der Waals surface area contributed by atoms with Crippen LogP contribution in [0.3, 0.4) is 0 Å². The van der Waals surface area contributed by atoms with Crippen molar-refractivity contribution >= 4 is 70.1 Å². The number of carbonyl (C=O) groups is 1. The molecule has 0 saturated heterocycles. The van der Waals surface area contributed by atoms with Crippen molar-refractivity contribution in [3.63, 3.8) is 0 Å². The van der Waals surface area contributed by atoms with Crippen LogP contribution in [0.5, 0.6) is 0 Å². The summed E-state index contributed by atoms with van der Waals surface area (Å²) in [5, 5.41) is 4.11. The van der Waals surface area contributed by atoms with Gasteiger partial charge >= 0.3 is 0 Å². The Morgan fingerprint density at radius 2 is 1.78 bits per heavy atom. The van der Waals surface area contributed by atoms with E-state index in [1.807, 2.05) is 25.5 Å². The monoisotopic (exact) mass is 526 g/mol. The Bertz CT molecular complexity index is 1090. The second-order valence-corrected chi connectivity index (χ2v) is 10.4. The van der Waals surface area contributed by atoms with Gasteiger partial charge in [-0.15, -0.1) is 35.3 Å². The van der Waals surface area contributed by atoms with Gasteiger partial charge in [-0.05, 0) is 60.9 Å². The second-order valence-electron chi connectivity index (χ2n) is 6.83. The van der Waals surface area contributed by atoms with Gasteiger partial charge < -0.3 is 5.32 Å². The van der Waals surface area contributed by atoms with Crippen molar-refractivity contribution in [1.82, 2.24) is 4.98 Å². The summed E-state index contributed by atoms with van der Waals surface area (Å²) in [6.45, 7) is 1.93. The molecule has 1 aromatic heterocycles. The predicted octanol–water partition coefficient (Wildman–Crippen LogP) is 7.89. The number of amides is 1. The number of carbonyl (C=O) groups excluding carboxylic acids is 1. The molecule has 3 rings (SSSR count). The normalized spacial score (nSPS) is 11.9. The smallest absolute Gasteiger partial charge is 0.242 e. The van der Waals surface area contributed by atoms with E-state index < -0.39 is 5.25 Å². The van der Waals surface area contributed by atoms with E-state index >= 15 is 0 Å². The average molecular weight is 528 g/mol. The van der Waals surface area contributed by atoms with Crippen LogP contribution in [0, 0.1) is 12.7 Å². The Hall–Kier alpha value is -1.38. The second kappa shape index (κ2) is 11.7. The third-order valence-electron chi connectivity index (χ3n) is 4.55. The van der Waals surface area contributed by atoms with Crippen molar-refractivity contribution in [2.75, 3.05) is 17.8 Å². The zero-order valence-corrected chi connectivity index (χ0v) is 21.6. The number of aromatic nitrogens is 1. The third kappa shape index (κ3) is 6.35. The van der Waals surface area contributed by atoms with E-state index in [0.717, 1.165) is 26.7 Å². The number of hydrogen-bond donors (Lipinski definition) is 1. The molecule has 1 N–H and O–H groups in total. The maximum absolute atomic E-state index is 13.5. The molecule has 9 heteroatoms. The largest absolute Gasteiger partial charge is 0.322 e. The molecule has 2 aromatic carbocycles. The van der Waals surface area contributed by atoms with Crippen molar-refractivity contribution in [3.05, 3.63) is 81.2 Å². The molecule has 0 aliphatic carbocycles. The van der Waals surface area contributed by atoms with Crippen LogP contribution in [-0.4, -0.2) is 23.4 Å². The zero-order valence-electron chi connectivity index (χ0n) is 17.6. The first kappa shape index (κ1) is 25.2. The van der Waals surface area contributed by atoms with Gasteiger partial charge in [0.05, 0.1) is 15.7 Å². The van der Waals surface area contributed by atoms with E-state index in [0.29, 0.717) is 21.5 Å². The number of halogens is 3. The van der Waals surface area contributed by atoms with Crippen molar-refractivity contribution in [2.45, 2.75) is 27.8 Å². The lowest BCUT2D eigenvalue weighted by atomic mass is 10.1. The standard InChI is InChI=1S/C23H21Cl2FN2OS3/c1-13-10-19(30-2)20(23(27-13)31-3)28-22(29)21(15-6-9-17(24)18(25)11-15)32-12-14-4-7-16(26)8-5-14/h4-11,21H,12H2,1-3H3,(H,28,29). The number of thioether (sulfide) groups is 3. The fourth-order valence-electron chi connectivity index (χ4n) is 2.99. The summed E-state index contributed by atoms with van der Waals surface area (Å²) in [4.78, 5) is 19.0. The maximum Gasteiger partial charge on any atom is 0.242 e. The van der Waals surface area contributed by atoms with Gasteiger partial charge in [0.1, 0.15) is 16.1 Å². The highest BCUT2D eigenvalue weighted by Crippen LogP contribution is 2.38. The zero-order chi connectivity index (χ0) is 23.3. The minimum absolute atomic E-state index is 0.188. The highest BCUT2D eigenvalue weighted by Gasteiger charge is 2.24. The summed E-state index contributed by atoms with van der Waals surface area (Å²) < 4.78 is 13.3. The van der Waals surface area contributed by atoms with Crippen LogP contribution in [0.15, 0.2) is 58.5 Å². The minimum atomic E-state index is -0.555. The van der Waals surface area contributed by atoms with Crippen LogP contribution >= 0.6 is 58.5 Å². The van der Waals surface area contributed by atoms with Gasteiger partial charge in [0, 0.05) is 16.3 Å². The number of aryl methyl sites for hydroxylation is 1. The molecule has 0 spiro atoms. The molecule has 0 saturated carbocycles. The van der Waals surface area contributed by atoms with Gasteiger partial charge in [-0.1, -0.05) is 41.4 Å². The highest BCUT2D eigenvalue weighted by molar-refractivity contribution is 8.00. The number of nitrogens with zero attached hydrogens (tertiary/aromatic N) is 1. The Kier molecular flexibility index (Phi) is 9.20. The summed E-state index contributed by atoms with van der Waals surface area (Å²) in [7, 11) is 0. The Balaban J connectivity index is 1.92.